The monoisotopic (exact) mass is 377 g/mol. The van der Waals surface area contributed by atoms with Gasteiger partial charge in [-0.2, -0.15) is 0 Å². The van der Waals surface area contributed by atoms with Crippen LogP contribution in [0.3, 0.4) is 0 Å². The largest absolute Gasteiger partial charge is 0.451 e. The molecular formula is C18H20FN3O3S. The predicted octanol–water partition coefficient (Wildman–Crippen LogP) is 2.90. The lowest BCUT2D eigenvalue weighted by Crippen LogP contribution is -2.38. The molecule has 1 saturated heterocycles. The van der Waals surface area contributed by atoms with Gasteiger partial charge in [0, 0.05) is 18.8 Å². The Bertz CT molecular complexity index is 785. The van der Waals surface area contributed by atoms with Gasteiger partial charge in [0.25, 0.3) is 5.91 Å². The summed E-state index contributed by atoms with van der Waals surface area (Å²) in [6.45, 7) is 1.13. The molecule has 0 atom stereocenters. The van der Waals surface area contributed by atoms with E-state index in [4.69, 9.17) is 4.74 Å². The lowest BCUT2D eigenvalue weighted by Gasteiger charge is -2.26. The van der Waals surface area contributed by atoms with Crippen molar-refractivity contribution in [2.24, 2.45) is 0 Å². The van der Waals surface area contributed by atoms with Crippen molar-refractivity contribution in [2.45, 2.75) is 24.4 Å². The Morgan fingerprint density at radius 2 is 1.88 bits per heavy atom. The Morgan fingerprint density at radius 3 is 2.54 bits per heavy atom. The van der Waals surface area contributed by atoms with Crippen molar-refractivity contribution in [3.8, 4) is 5.69 Å². The molecule has 2 heterocycles. The maximum absolute atomic E-state index is 13.2. The summed E-state index contributed by atoms with van der Waals surface area (Å²) in [5.41, 5.74) is 0.801. The number of amides is 1. The SMILES string of the molecule is CSc1ncc(C(=O)OCC(=O)N2CCCCC2)n1-c1ccc(F)cc1. The molecule has 1 fully saturated rings. The second-order valence-electron chi connectivity index (χ2n) is 5.96. The molecule has 138 valence electrons. The van der Waals surface area contributed by atoms with E-state index in [2.05, 4.69) is 4.98 Å². The van der Waals surface area contributed by atoms with Gasteiger partial charge in [-0.05, 0) is 49.8 Å². The second-order valence-corrected chi connectivity index (χ2v) is 6.73. The first-order valence-electron chi connectivity index (χ1n) is 8.42. The van der Waals surface area contributed by atoms with Crippen LogP contribution in [0.1, 0.15) is 29.8 Å². The summed E-state index contributed by atoms with van der Waals surface area (Å²) < 4.78 is 20.0. The molecule has 0 radical (unpaired) electrons. The lowest BCUT2D eigenvalue weighted by molar-refractivity contribution is -0.135. The van der Waals surface area contributed by atoms with Crippen LogP contribution in [0.4, 0.5) is 4.39 Å². The van der Waals surface area contributed by atoms with Crippen LogP contribution >= 0.6 is 11.8 Å². The number of aromatic nitrogens is 2. The molecule has 0 aliphatic carbocycles. The fourth-order valence-electron chi connectivity index (χ4n) is 2.90. The summed E-state index contributed by atoms with van der Waals surface area (Å²) in [7, 11) is 0. The standard InChI is InChI=1S/C18H20FN3O3S/c1-26-18-20-11-15(22(18)14-7-5-13(19)6-8-14)17(24)25-12-16(23)21-9-3-2-4-10-21/h5-8,11H,2-4,9-10,12H2,1H3. The Hall–Kier alpha value is -2.35. The number of carbonyl (C=O) groups is 2. The van der Waals surface area contributed by atoms with E-state index < -0.39 is 5.97 Å². The van der Waals surface area contributed by atoms with Gasteiger partial charge in [-0.3, -0.25) is 9.36 Å². The minimum Gasteiger partial charge on any atom is -0.451 e. The van der Waals surface area contributed by atoms with Gasteiger partial charge in [0.15, 0.2) is 17.5 Å². The van der Waals surface area contributed by atoms with E-state index in [1.807, 2.05) is 6.26 Å². The third-order valence-electron chi connectivity index (χ3n) is 4.24. The number of likely N-dealkylation sites (tertiary alicyclic amines) is 1. The van der Waals surface area contributed by atoms with E-state index in [9.17, 15) is 14.0 Å². The number of halogens is 1. The average molecular weight is 377 g/mol. The Balaban J connectivity index is 1.74. The fraction of sp³-hybridized carbons (Fsp3) is 0.389. The molecule has 0 saturated carbocycles. The number of piperidine rings is 1. The third-order valence-corrected chi connectivity index (χ3v) is 4.89. The zero-order valence-electron chi connectivity index (χ0n) is 14.5. The minimum atomic E-state index is -0.632. The highest BCUT2D eigenvalue weighted by atomic mass is 32.2. The number of thioether (sulfide) groups is 1. The van der Waals surface area contributed by atoms with E-state index >= 15 is 0 Å². The van der Waals surface area contributed by atoms with Crippen LogP contribution < -0.4 is 0 Å². The van der Waals surface area contributed by atoms with Crippen LogP contribution in [0.15, 0.2) is 35.6 Å². The first kappa shape index (κ1) is 18.4. The molecule has 26 heavy (non-hydrogen) atoms. The van der Waals surface area contributed by atoms with Gasteiger partial charge in [-0.1, -0.05) is 11.8 Å². The van der Waals surface area contributed by atoms with Crippen LogP contribution in [0.2, 0.25) is 0 Å². The highest BCUT2D eigenvalue weighted by Crippen LogP contribution is 2.22. The smallest absolute Gasteiger partial charge is 0.357 e. The van der Waals surface area contributed by atoms with Crippen LogP contribution in [-0.2, 0) is 9.53 Å². The van der Waals surface area contributed by atoms with Crippen molar-refractivity contribution in [2.75, 3.05) is 26.0 Å². The van der Waals surface area contributed by atoms with Crippen LogP contribution in [0.5, 0.6) is 0 Å². The Kier molecular flexibility index (Phi) is 5.92. The summed E-state index contributed by atoms with van der Waals surface area (Å²) in [6, 6.07) is 5.75. The molecule has 8 heteroatoms. The maximum Gasteiger partial charge on any atom is 0.357 e. The summed E-state index contributed by atoms with van der Waals surface area (Å²) in [5.74, 6) is -1.18. The quantitative estimate of drug-likeness (QED) is 0.592. The fourth-order valence-corrected chi connectivity index (χ4v) is 3.44. The lowest BCUT2D eigenvalue weighted by atomic mass is 10.1. The van der Waals surface area contributed by atoms with E-state index in [0.717, 1.165) is 19.3 Å². The first-order chi connectivity index (χ1) is 12.6. The van der Waals surface area contributed by atoms with E-state index in [1.54, 1.807) is 21.6 Å². The molecule has 1 aromatic heterocycles. The maximum atomic E-state index is 13.2. The molecule has 1 aliphatic rings. The normalized spacial score (nSPS) is 14.3. The number of esters is 1. The molecule has 0 unspecified atom stereocenters. The molecular weight excluding hydrogens is 357 g/mol. The number of rotatable bonds is 5. The van der Waals surface area contributed by atoms with Gasteiger partial charge in [-0.15, -0.1) is 0 Å². The van der Waals surface area contributed by atoms with Crippen LogP contribution in [0.25, 0.3) is 5.69 Å². The molecule has 3 rings (SSSR count). The first-order valence-corrected chi connectivity index (χ1v) is 9.65. The van der Waals surface area contributed by atoms with Crippen molar-refractivity contribution < 1.29 is 18.7 Å². The van der Waals surface area contributed by atoms with Crippen LogP contribution in [-0.4, -0.2) is 52.3 Å². The predicted molar refractivity (Wildman–Crippen MR) is 96.0 cm³/mol. The highest BCUT2D eigenvalue weighted by molar-refractivity contribution is 7.98. The number of benzene rings is 1. The van der Waals surface area contributed by atoms with E-state index in [-0.39, 0.29) is 24.0 Å². The number of hydrogen-bond acceptors (Lipinski definition) is 5. The van der Waals surface area contributed by atoms with Gasteiger partial charge >= 0.3 is 5.97 Å². The molecule has 0 spiro atoms. The Morgan fingerprint density at radius 1 is 1.19 bits per heavy atom. The van der Waals surface area contributed by atoms with E-state index in [0.29, 0.717) is 23.9 Å². The van der Waals surface area contributed by atoms with Crippen molar-refractivity contribution in [1.82, 2.24) is 14.5 Å². The average Bonchev–Trinajstić information content (AvgIpc) is 3.11. The summed E-state index contributed by atoms with van der Waals surface area (Å²) >= 11 is 1.35. The number of imidazole rings is 1. The van der Waals surface area contributed by atoms with Crippen molar-refractivity contribution in [3.63, 3.8) is 0 Å². The zero-order chi connectivity index (χ0) is 18.5. The van der Waals surface area contributed by atoms with Crippen molar-refractivity contribution >= 4 is 23.6 Å². The van der Waals surface area contributed by atoms with E-state index in [1.165, 1.54) is 30.1 Å². The third kappa shape index (κ3) is 4.07. The molecule has 1 amide bonds. The molecule has 0 N–H and O–H groups in total. The molecule has 1 aromatic carbocycles. The number of nitrogens with zero attached hydrogens (tertiary/aromatic N) is 3. The number of carbonyl (C=O) groups excluding carboxylic acids is 2. The molecule has 1 aliphatic heterocycles. The van der Waals surface area contributed by atoms with Gasteiger partial charge < -0.3 is 9.64 Å². The number of hydrogen-bond donors (Lipinski definition) is 0. The van der Waals surface area contributed by atoms with Gasteiger partial charge in [0.1, 0.15) is 5.82 Å². The summed E-state index contributed by atoms with van der Waals surface area (Å²) in [6.07, 6.45) is 6.32. The van der Waals surface area contributed by atoms with Crippen LogP contribution in [0, 0.1) is 5.82 Å². The number of ether oxygens (including phenoxy) is 1. The highest BCUT2D eigenvalue weighted by Gasteiger charge is 2.22. The van der Waals surface area contributed by atoms with Gasteiger partial charge in [0.05, 0.1) is 6.20 Å². The van der Waals surface area contributed by atoms with Gasteiger partial charge in [0.2, 0.25) is 0 Å². The topological polar surface area (TPSA) is 64.4 Å². The summed E-state index contributed by atoms with van der Waals surface area (Å²) in [4.78, 5) is 30.6. The molecule has 2 aromatic rings. The zero-order valence-corrected chi connectivity index (χ0v) is 15.3. The summed E-state index contributed by atoms with van der Waals surface area (Å²) in [5, 5.41) is 0.575. The van der Waals surface area contributed by atoms with Crippen molar-refractivity contribution in [1.29, 1.82) is 0 Å². The minimum absolute atomic E-state index is 0.184. The second kappa shape index (κ2) is 8.35. The molecule has 0 bridgehead atoms. The molecule has 6 nitrogen and oxygen atoms in total. The Labute approximate surface area is 155 Å². The van der Waals surface area contributed by atoms with Gasteiger partial charge in [-0.25, -0.2) is 14.2 Å². The van der Waals surface area contributed by atoms with Crippen molar-refractivity contribution in [3.05, 3.63) is 42.0 Å².